The van der Waals surface area contributed by atoms with Crippen molar-refractivity contribution >= 4 is 0 Å². The first-order chi connectivity index (χ1) is 9.22. The summed E-state index contributed by atoms with van der Waals surface area (Å²) >= 11 is 0. The van der Waals surface area contributed by atoms with E-state index in [1.807, 2.05) is 13.0 Å². The molecule has 1 saturated carbocycles. The molecule has 3 heteroatoms. The second kappa shape index (κ2) is 6.92. The number of benzene rings is 1. The van der Waals surface area contributed by atoms with Crippen LogP contribution in [0.2, 0.25) is 0 Å². The van der Waals surface area contributed by atoms with Crippen LogP contribution < -0.4 is 10.1 Å². The highest BCUT2D eigenvalue weighted by Gasteiger charge is 2.30. The Bertz CT molecular complexity index is 388. The molecule has 1 unspecified atom stereocenters. The molecule has 1 fully saturated rings. The number of ether oxygens (including phenoxy) is 2. The van der Waals surface area contributed by atoms with E-state index in [2.05, 4.69) is 30.4 Å². The minimum absolute atomic E-state index is 0.306. The Labute approximate surface area is 116 Å². The van der Waals surface area contributed by atoms with E-state index in [9.17, 15) is 0 Å². The van der Waals surface area contributed by atoms with Gasteiger partial charge in [0.1, 0.15) is 5.75 Å². The number of hydrogen-bond donors (Lipinski definition) is 1. The molecule has 0 saturated heterocycles. The molecule has 1 aromatic rings. The van der Waals surface area contributed by atoms with Crippen LogP contribution in [0, 0.1) is 0 Å². The molecule has 1 N–H and O–H groups in total. The summed E-state index contributed by atoms with van der Waals surface area (Å²) < 4.78 is 10.8. The van der Waals surface area contributed by atoms with Gasteiger partial charge in [-0.1, -0.05) is 12.1 Å². The smallest absolute Gasteiger partial charge is 0.119 e. The van der Waals surface area contributed by atoms with Crippen LogP contribution in [0.3, 0.4) is 0 Å². The van der Waals surface area contributed by atoms with Crippen molar-refractivity contribution in [2.45, 2.75) is 44.8 Å². The van der Waals surface area contributed by atoms with Gasteiger partial charge >= 0.3 is 0 Å². The zero-order chi connectivity index (χ0) is 13.7. The standard InChI is InChI=1S/C16H25NO2/c1-4-19-12(2)11-17-15-8-14(9-15)13-6-5-7-16(10-13)18-3/h5-7,10,12,14-15,17H,4,8-9,11H2,1-3H3. The Morgan fingerprint density at radius 3 is 2.84 bits per heavy atom. The first-order valence-corrected chi connectivity index (χ1v) is 7.21. The Morgan fingerprint density at radius 2 is 2.16 bits per heavy atom. The Morgan fingerprint density at radius 1 is 1.37 bits per heavy atom. The average Bonchev–Trinajstić information content (AvgIpc) is 2.37. The van der Waals surface area contributed by atoms with Crippen LogP contribution in [-0.4, -0.2) is 32.4 Å². The number of rotatable bonds is 7. The van der Waals surface area contributed by atoms with Crippen molar-refractivity contribution in [3.8, 4) is 5.75 Å². The summed E-state index contributed by atoms with van der Waals surface area (Å²) in [5, 5.41) is 3.58. The SMILES string of the molecule is CCOC(C)CNC1CC(c2cccc(OC)c2)C1. The maximum atomic E-state index is 5.52. The summed E-state index contributed by atoms with van der Waals surface area (Å²) in [5.41, 5.74) is 1.40. The lowest BCUT2D eigenvalue weighted by Crippen LogP contribution is -2.43. The number of methoxy groups -OCH3 is 1. The van der Waals surface area contributed by atoms with Gasteiger partial charge in [0.05, 0.1) is 13.2 Å². The molecule has 0 radical (unpaired) electrons. The summed E-state index contributed by atoms with van der Waals surface area (Å²) in [6.45, 7) is 5.90. The van der Waals surface area contributed by atoms with Gasteiger partial charge in [0.15, 0.2) is 0 Å². The van der Waals surface area contributed by atoms with E-state index in [1.54, 1.807) is 7.11 Å². The molecule has 106 valence electrons. The summed E-state index contributed by atoms with van der Waals surface area (Å²) in [7, 11) is 1.72. The van der Waals surface area contributed by atoms with Crippen LogP contribution >= 0.6 is 0 Å². The van der Waals surface area contributed by atoms with Crippen LogP contribution in [0.15, 0.2) is 24.3 Å². The minimum atomic E-state index is 0.306. The van der Waals surface area contributed by atoms with Gasteiger partial charge in [0, 0.05) is 19.2 Å². The van der Waals surface area contributed by atoms with Crippen molar-refractivity contribution in [1.82, 2.24) is 5.32 Å². The molecule has 0 spiro atoms. The molecule has 2 rings (SSSR count). The van der Waals surface area contributed by atoms with Gasteiger partial charge in [-0.15, -0.1) is 0 Å². The van der Waals surface area contributed by atoms with Crippen molar-refractivity contribution in [2.24, 2.45) is 0 Å². The lowest BCUT2D eigenvalue weighted by Gasteiger charge is -2.37. The van der Waals surface area contributed by atoms with Crippen molar-refractivity contribution in [2.75, 3.05) is 20.3 Å². The van der Waals surface area contributed by atoms with Crippen molar-refractivity contribution in [1.29, 1.82) is 0 Å². The van der Waals surface area contributed by atoms with Gasteiger partial charge in [-0.05, 0) is 50.3 Å². The highest BCUT2D eigenvalue weighted by molar-refractivity contribution is 5.32. The van der Waals surface area contributed by atoms with Crippen LogP contribution in [0.4, 0.5) is 0 Å². The molecule has 0 bridgehead atoms. The molecule has 19 heavy (non-hydrogen) atoms. The third kappa shape index (κ3) is 3.95. The molecule has 0 heterocycles. The van der Waals surface area contributed by atoms with Gasteiger partial charge in [-0.25, -0.2) is 0 Å². The molecule has 1 aliphatic rings. The fraction of sp³-hybridized carbons (Fsp3) is 0.625. The lowest BCUT2D eigenvalue weighted by atomic mass is 9.76. The summed E-state index contributed by atoms with van der Waals surface area (Å²) in [6.07, 6.45) is 2.73. The second-order valence-corrected chi connectivity index (χ2v) is 5.32. The average molecular weight is 263 g/mol. The molecular formula is C16H25NO2. The van der Waals surface area contributed by atoms with Gasteiger partial charge in [-0.3, -0.25) is 0 Å². The fourth-order valence-electron chi connectivity index (χ4n) is 2.63. The summed E-state index contributed by atoms with van der Waals surface area (Å²) in [6, 6.07) is 9.07. The van der Waals surface area contributed by atoms with Gasteiger partial charge < -0.3 is 14.8 Å². The quantitative estimate of drug-likeness (QED) is 0.820. The Hall–Kier alpha value is -1.06. The Kier molecular flexibility index (Phi) is 5.23. The molecule has 0 amide bonds. The van der Waals surface area contributed by atoms with Gasteiger partial charge in [0.25, 0.3) is 0 Å². The molecule has 1 aromatic carbocycles. The van der Waals surface area contributed by atoms with Crippen LogP contribution in [-0.2, 0) is 4.74 Å². The van der Waals surface area contributed by atoms with E-state index in [4.69, 9.17) is 9.47 Å². The first-order valence-electron chi connectivity index (χ1n) is 7.21. The number of nitrogens with one attached hydrogen (secondary N) is 1. The molecule has 0 aromatic heterocycles. The predicted molar refractivity (Wildman–Crippen MR) is 77.8 cm³/mol. The van der Waals surface area contributed by atoms with E-state index in [0.29, 0.717) is 18.1 Å². The third-order valence-electron chi connectivity index (χ3n) is 3.85. The number of hydrogen-bond acceptors (Lipinski definition) is 3. The van der Waals surface area contributed by atoms with Crippen molar-refractivity contribution < 1.29 is 9.47 Å². The normalized spacial score (nSPS) is 23.7. The zero-order valence-corrected chi connectivity index (χ0v) is 12.2. The van der Waals surface area contributed by atoms with Gasteiger partial charge in [-0.2, -0.15) is 0 Å². The molecule has 1 atom stereocenters. The zero-order valence-electron chi connectivity index (χ0n) is 12.2. The predicted octanol–water partition coefficient (Wildman–Crippen LogP) is 2.96. The first kappa shape index (κ1) is 14.4. The lowest BCUT2D eigenvalue weighted by molar-refractivity contribution is 0.0702. The van der Waals surface area contributed by atoms with E-state index in [-0.39, 0.29) is 0 Å². The van der Waals surface area contributed by atoms with Crippen LogP contribution in [0.5, 0.6) is 5.75 Å². The van der Waals surface area contributed by atoms with E-state index >= 15 is 0 Å². The van der Waals surface area contributed by atoms with E-state index in [0.717, 1.165) is 18.9 Å². The Balaban J connectivity index is 1.73. The van der Waals surface area contributed by atoms with E-state index < -0.39 is 0 Å². The van der Waals surface area contributed by atoms with Crippen molar-refractivity contribution in [3.63, 3.8) is 0 Å². The van der Waals surface area contributed by atoms with Crippen LogP contribution in [0.1, 0.15) is 38.2 Å². The monoisotopic (exact) mass is 263 g/mol. The molecule has 1 aliphatic carbocycles. The minimum Gasteiger partial charge on any atom is -0.497 e. The summed E-state index contributed by atoms with van der Waals surface area (Å²) in [5.74, 6) is 1.63. The molecule has 3 nitrogen and oxygen atoms in total. The highest BCUT2D eigenvalue weighted by Crippen LogP contribution is 2.37. The topological polar surface area (TPSA) is 30.5 Å². The van der Waals surface area contributed by atoms with Gasteiger partial charge in [0.2, 0.25) is 0 Å². The van der Waals surface area contributed by atoms with Crippen LogP contribution in [0.25, 0.3) is 0 Å². The highest BCUT2D eigenvalue weighted by atomic mass is 16.5. The van der Waals surface area contributed by atoms with E-state index in [1.165, 1.54) is 18.4 Å². The molecule has 0 aliphatic heterocycles. The maximum absolute atomic E-state index is 5.52. The largest absolute Gasteiger partial charge is 0.497 e. The third-order valence-corrected chi connectivity index (χ3v) is 3.85. The second-order valence-electron chi connectivity index (χ2n) is 5.32. The van der Waals surface area contributed by atoms with Crippen molar-refractivity contribution in [3.05, 3.63) is 29.8 Å². The molecular weight excluding hydrogens is 238 g/mol. The maximum Gasteiger partial charge on any atom is 0.119 e. The summed E-state index contributed by atoms with van der Waals surface area (Å²) in [4.78, 5) is 0. The fourth-order valence-corrected chi connectivity index (χ4v) is 2.63.